The topological polar surface area (TPSA) is 167 Å². The van der Waals surface area contributed by atoms with Crippen LogP contribution in [0.2, 0.25) is 0 Å². The van der Waals surface area contributed by atoms with Gasteiger partial charge in [0.2, 0.25) is 9.84 Å². The number of fused-ring (bicyclic) bond motifs is 1. The largest absolute Gasteiger partial charge is 1.00 e. The van der Waals surface area contributed by atoms with E-state index in [1.807, 2.05) is 13.8 Å². The molecule has 41 heavy (non-hydrogen) atoms. The molecule has 4 aromatic rings. The molecule has 2 aromatic heterocycles. The third-order valence-electron chi connectivity index (χ3n) is 6.33. The first-order valence-corrected chi connectivity index (χ1v) is 14.8. The first kappa shape index (κ1) is 32.7. The molecule has 2 aromatic carbocycles. The van der Waals surface area contributed by atoms with Crippen molar-refractivity contribution < 1.29 is 66.6 Å². The maximum absolute atomic E-state index is 14.1. The fourth-order valence-electron chi connectivity index (χ4n) is 4.61. The van der Waals surface area contributed by atoms with Crippen molar-refractivity contribution in [1.82, 2.24) is 15.0 Å². The summed E-state index contributed by atoms with van der Waals surface area (Å²) in [5.41, 5.74) is 3.28. The molecular formula is C27H28N3NaO8S2. The van der Waals surface area contributed by atoms with Gasteiger partial charge < -0.3 is 28.7 Å². The Kier molecular flexibility index (Phi) is 10.4. The van der Waals surface area contributed by atoms with E-state index in [1.54, 1.807) is 33.2 Å². The first-order valence-electron chi connectivity index (χ1n) is 12.0. The monoisotopic (exact) mass is 609 g/mol. The summed E-state index contributed by atoms with van der Waals surface area (Å²) >= 11 is -1.69. The predicted molar refractivity (Wildman–Crippen MR) is 145 cm³/mol. The number of aromatic nitrogens is 3. The zero-order valence-electron chi connectivity index (χ0n) is 23.8. The number of nitrogens with zero attached hydrogens (tertiary/aromatic N) is 2. The number of hydrogen-bond donors (Lipinski definition) is 1. The number of aryl methyl sites for hydroxylation is 3. The van der Waals surface area contributed by atoms with Crippen LogP contribution in [-0.4, -0.2) is 54.7 Å². The van der Waals surface area contributed by atoms with Crippen molar-refractivity contribution in [3.8, 4) is 17.2 Å². The second-order valence-corrected chi connectivity index (χ2v) is 12.3. The summed E-state index contributed by atoms with van der Waals surface area (Å²) in [6.07, 6.45) is 1.64. The number of nitrogens with one attached hydrogen (secondary N) is 1. The van der Waals surface area contributed by atoms with Crippen LogP contribution in [0, 0.1) is 27.7 Å². The van der Waals surface area contributed by atoms with E-state index < -0.39 is 33.6 Å². The van der Waals surface area contributed by atoms with Crippen molar-refractivity contribution >= 4 is 38.0 Å². The van der Waals surface area contributed by atoms with Crippen LogP contribution in [0.25, 0.3) is 11.0 Å². The van der Waals surface area contributed by atoms with Crippen LogP contribution in [0.15, 0.2) is 45.4 Å². The molecule has 0 aliphatic heterocycles. The van der Waals surface area contributed by atoms with Crippen molar-refractivity contribution in [2.45, 2.75) is 48.4 Å². The van der Waals surface area contributed by atoms with Gasteiger partial charge in [0.15, 0.2) is 5.75 Å². The summed E-state index contributed by atoms with van der Waals surface area (Å²) in [6, 6.07) is 5.98. The number of benzene rings is 2. The fourth-order valence-corrected chi connectivity index (χ4v) is 7.70. The number of carbonyl (C=O) groups is 1. The normalized spacial score (nSPS) is 12.1. The number of aromatic amines is 1. The van der Waals surface area contributed by atoms with Gasteiger partial charge in [-0.25, -0.2) is 8.42 Å². The molecular weight excluding hydrogens is 581 g/mol. The summed E-state index contributed by atoms with van der Waals surface area (Å²) in [5.74, 6) is -0.452. The number of rotatable bonds is 10. The van der Waals surface area contributed by atoms with Gasteiger partial charge >= 0.3 is 34.7 Å². The first-order chi connectivity index (χ1) is 18.9. The summed E-state index contributed by atoms with van der Waals surface area (Å²) in [5, 5.41) is 10.9. The number of sulfone groups is 1. The number of carboxylic acid groups (broad SMARTS) is 1. The number of ether oxygens (including phenoxy) is 3. The van der Waals surface area contributed by atoms with Gasteiger partial charge in [0.25, 0.3) is 0 Å². The average molecular weight is 610 g/mol. The number of pyridine rings is 1. The molecule has 14 heteroatoms. The Hall–Kier alpha value is -2.81. The molecule has 0 bridgehead atoms. The Morgan fingerprint density at radius 1 is 1.02 bits per heavy atom. The Morgan fingerprint density at radius 3 is 2.27 bits per heavy atom. The fraction of sp³-hybridized carbons (Fsp3) is 0.296. The minimum absolute atomic E-state index is 0. The number of carbonyl (C=O) groups excluding carboxylic acids is 1. The van der Waals surface area contributed by atoms with E-state index in [0.717, 1.165) is 11.1 Å². The number of H-pyrrole nitrogens is 1. The summed E-state index contributed by atoms with van der Waals surface area (Å²) < 4.78 is 57.6. The van der Waals surface area contributed by atoms with Crippen LogP contribution in [0.1, 0.15) is 27.9 Å². The van der Waals surface area contributed by atoms with Crippen LogP contribution in [0.3, 0.4) is 0 Å². The number of hydrogen-bond acceptors (Lipinski definition) is 10. The average Bonchev–Trinajstić information content (AvgIpc) is 3.32. The Bertz CT molecular complexity index is 1700. The molecule has 0 saturated carbocycles. The number of aliphatic carboxylic acids is 1. The molecule has 1 unspecified atom stereocenters. The van der Waals surface area contributed by atoms with Crippen LogP contribution in [-0.2, 0) is 31.6 Å². The van der Waals surface area contributed by atoms with Crippen LogP contribution in [0.4, 0.5) is 0 Å². The van der Waals surface area contributed by atoms with Gasteiger partial charge in [0.1, 0.15) is 34.3 Å². The predicted octanol–water partition coefficient (Wildman–Crippen LogP) is -0.518. The molecule has 0 fully saturated rings. The van der Waals surface area contributed by atoms with Gasteiger partial charge in [0.05, 0.1) is 36.3 Å². The van der Waals surface area contributed by atoms with E-state index in [1.165, 1.54) is 25.3 Å². The smallest absolute Gasteiger partial charge is 0.609 e. The minimum Gasteiger partial charge on any atom is -0.609 e. The molecule has 4 rings (SSSR count). The zero-order chi connectivity index (χ0) is 29.4. The molecule has 0 amide bonds. The number of methoxy groups -OCH3 is 2. The molecule has 212 valence electrons. The van der Waals surface area contributed by atoms with E-state index in [2.05, 4.69) is 15.0 Å². The van der Waals surface area contributed by atoms with Crippen LogP contribution < -0.4 is 48.9 Å². The molecule has 0 aliphatic carbocycles. The SMILES string of the molecule is COc1ccc2[nH]c([S+]([O-])Cc3ncc(C)c(OC)c3C)nc2c1S(=O)(=O)c1c(C)cc(OCC(=O)[O-])cc1C.[Na+]. The van der Waals surface area contributed by atoms with Crippen molar-refractivity contribution in [2.75, 3.05) is 20.8 Å². The van der Waals surface area contributed by atoms with Gasteiger partial charge in [-0.15, -0.1) is 0 Å². The van der Waals surface area contributed by atoms with E-state index in [4.69, 9.17) is 14.2 Å². The molecule has 1 N–H and O–H groups in total. The van der Waals surface area contributed by atoms with Crippen molar-refractivity contribution in [2.24, 2.45) is 0 Å². The van der Waals surface area contributed by atoms with E-state index in [-0.39, 0.29) is 67.3 Å². The quantitative estimate of drug-likeness (QED) is 0.183. The molecule has 0 saturated heterocycles. The zero-order valence-corrected chi connectivity index (χ0v) is 27.4. The Morgan fingerprint density at radius 2 is 1.68 bits per heavy atom. The van der Waals surface area contributed by atoms with E-state index in [9.17, 15) is 22.9 Å². The third-order valence-corrected chi connectivity index (χ3v) is 9.61. The maximum Gasteiger partial charge on any atom is 1.00 e. The molecule has 0 radical (unpaired) electrons. The minimum atomic E-state index is -4.23. The van der Waals surface area contributed by atoms with Crippen molar-refractivity contribution in [1.29, 1.82) is 0 Å². The number of carboxylic acids is 1. The van der Waals surface area contributed by atoms with Crippen LogP contribution in [0.5, 0.6) is 17.2 Å². The second-order valence-electron chi connectivity index (χ2n) is 9.12. The number of imidazole rings is 1. The van der Waals surface area contributed by atoms with Gasteiger partial charge in [-0.2, -0.15) is 4.98 Å². The second kappa shape index (κ2) is 13.0. The maximum atomic E-state index is 14.1. The summed E-state index contributed by atoms with van der Waals surface area (Å²) in [4.78, 5) is 22.4. The van der Waals surface area contributed by atoms with Gasteiger partial charge in [-0.05, 0) is 63.1 Å². The van der Waals surface area contributed by atoms with Gasteiger partial charge in [0, 0.05) is 28.5 Å². The standard InChI is InChI=1S/C27H29N3O8S2.Na/c1-14-9-18(38-12-22(31)32)10-15(2)25(14)40(34,35)26-21(36-5)8-7-19-23(26)30-27(29-19)39(33)13-20-17(4)24(37-6)16(3)11-28-20;/h7-11H,12-13H2,1-6H3,(H,29,30)(H,31,32);/q;+1/p-1. The van der Waals surface area contributed by atoms with Crippen molar-refractivity contribution in [3.05, 3.63) is 58.4 Å². The van der Waals surface area contributed by atoms with Gasteiger partial charge in [-0.3, -0.25) is 9.97 Å². The van der Waals surface area contributed by atoms with E-state index in [0.29, 0.717) is 28.1 Å². The van der Waals surface area contributed by atoms with E-state index >= 15 is 0 Å². The molecule has 2 heterocycles. The summed E-state index contributed by atoms with van der Waals surface area (Å²) in [6.45, 7) is 6.18. The molecule has 1 atom stereocenters. The van der Waals surface area contributed by atoms with Gasteiger partial charge in [-0.1, -0.05) is 0 Å². The third kappa shape index (κ3) is 6.50. The Balaban J connectivity index is 0.00000462. The van der Waals surface area contributed by atoms with Crippen molar-refractivity contribution in [3.63, 3.8) is 0 Å². The molecule has 0 spiro atoms. The Labute approximate surface area is 263 Å². The molecule has 0 aliphatic rings. The van der Waals surface area contributed by atoms with Crippen LogP contribution >= 0.6 is 0 Å². The summed E-state index contributed by atoms with van der Waals surface area (Å²) in [7, 11) is -1.32. The molecule has 11 nitrogen and oxygen atoms in total.